The summed E-state index contributed by atoms with van der Waals surface area (Å²) < 4.78 is 12.0. The molecule has 0 aliphatic carbocycles. The number of rotatable bonds is 6. The Balaban J connectivity index is 1.78. The van der Waals surface area contributed by atoms with Gasteiger partial charge in [0.1, 0.15) is 12.2 Å². The Kier molecular flexibility index (Phi) is 5.30. The molecule has 0 fully saturated rings. The van der Waals surface area contributed by atoms with E-state index in [4.69, 9.17) is 9.15 Å². The summed E-state index contributed by atoms with van der Waals surface area (Å²) in [4.78, 5) is 23.7. The van der Waals surface area contributed by atoms with Gasteiger partial charge in [0.05, 0.1) is 10.3 Å². The third-order valence-electron chi connectivity index (χ3n) is 4.89. The molecule has 0 amide bonds. The van der Waals surface area contributed by atoms with Gasteiger partial charge in [0.15, 0.2) is 5.76 Å². The van der Waals surface area contributed by atoms with Crippen LogP contribution >= 0.6 is 0 Å². The van der Waals surface area contributed by atoms with E-state index in [1.807, 2.05) is 55.5 Å². The largest absolute Gasteiger partial charge is 0.481 e. The summed E-state index contributed by atoms with van der Waals surface area (Å²) in [7, 11) is 0. The standard InChI is InChI=1S/C24H19NO5/c1-2-16-10-13-21-20(14-16)22(26)24(23(30-21)18-6-4-3-5-7-18)29-15-17-8-11-19(12-9-17)25(27)28/h3-14H,2,15H2,1H3. The van der Waals surface area contributed by atoms with E-state index in [1.54, 1.807) is 12.1 Å². The molecule has 4 rings (SSSR count). The number of nitro benzene ring substituents is 1. The fraction of sp³-hybridized carbons (Fsp3) is 0.125. The maximum atomic E-state index is 13.3. The van der Waals surface area contributed by atoms with E-state index >= 15 is 0 Å². The minimum absolute atomic E-state index is 0.000962. The second-order valence-corrected chi connectivity index (χ2v) is 6.85. The monoisotopic (exact) mass is 401 g/mol. The maximum absolute atomic E-state index is 13.3. The van der Waals surface area contributed by atoms with Crippen molar-refractivity contribution in [3.8, 4) is 17.1 Å². The molecule has 0 saturated heterocycles. The number of nitro groups is 1. The Morgan fingerprint density at radius 1 is 0.967 bits per heavy atom. The zero-order chi connectivity index (χ0) is 21.1. The maximum Gasteiger partial charge on any atom is 0.269 e. The van der Waals surface area contributed by atoms with Crippen molar-refractivity contribution < 1.29 is 14.1 Å². The van der Waals surface area contributed by atoms with Gasteiger partial charge in [0.2, 0.25) is 11.2 Å². The molecule has 1 heterocycles. The number of hydrogen-bond acceptors (Lipinski definition) is 5. The highest BCUT2D eigenvalue weighted by molar-refractivity contribution is 5.82. The molecule has 0 aliphatic rings. The van der Waals surface area contributed by atoms with Crippen LogP contribution in [0.5, 0.6) is 5.75 Å². The third kappa shape index (κ3) is 3.80. The molecule has 1 aromatic heterocycles. The zero-order valence-corrected chi connectivity index (χ0v) is 16.3. The molecule has 30 heavy (non-hydrogen) atoms. The van der Waals surface area contributed by atoms with Gasteiger partial charge in [0, 0.05) is 17.7 Å². The van der Waals surface area contributed by atoms with Gasteiger partial charge in [-0.3, -0.25) is 14.9 Å². The normalized spacial score (nSPS) is 10.8. The highest BCUT2D eigenvalue weighted by atomic mass is 16.6. The van der Waals surface area contributed by atoms with Crippen molar-refractivity contribution in [2.24, 2.45) is 0 Å². The molecule has 0 atom stereocenters. The molecule has 0 saturated carbocycles. The van der Waals surface area contributed by atoms with Gasteiger partial charge >= 0.3 is 0 Å². The Hall–Kier alpha value is -3.93. The molecular formula is C24H19NO5. The van der Waals surface area contributed by atoms with Crippen LogP contribution < -0.4 is 10.2 Å². The molecule has 0 spiro atoms. The minimum Gasteiger partial charge on any atom is -0.481 e. The highest BCUT2D eigenvalue weighted by Crippen LogP contribution is 2.31. The van der Waals surface area contributed by atoms with Crippen LogP contribution in [0.3, 0.4) is 0 Å². The van der Waals surface area contributed by atoms with E-state index < -0.39 is 4.92 Å². The number of ether oxygens (including phenoxy) is 1. The number of non-ortho nitro benzene ring substituents is 1. The number of nitrogens with zero attached hydrogens (tertiary/aromatic N) is 1. The SMILES string of the molecule is CCc1ccc2oc(-c3ccccc3)c(OCc3ccc([N+](=O)[O-])cc3)c(=O)c2c1. The lowest BCUT2D eigenvalue weighted by Gasteiger charge is -2.12. The van der Waals surface area contributed by atoms with Crippen LogP contribution in [0.4, 0.5) is 5.69 Å². The smallest absolute Gasteiger partial charge is 0.269 e. The lowest BCUT2D eigenvalue weighted by atomic mass is 10.1. The van der Waals surface area contributed by atoms with Crippen LogP contribution in [-0.2, 0) is 13.0 Å². The van der Waals surface area contributed by atoms with E-state index in [0.29, 0.717) is 22.3 Å². The average molecular weight is 401 g/mol. The van der Waals surface area contributed by atoms with Crippen molar-refractivity contribution in [1.29, 1.82) is 0 Å². The lowest BCUT2D eigenvalue weighted by Crippen LogP contribution is -2.10. The van der Waals surface area contributed by atoms with Crippen molar-refractivity contribution in [1.82, 2.24) is 0 Å². The van der Waals surface area contributed by atoms with E-state index in [-0.39, 0.29) is 23.5 Å². The van der Waals surface area contributed by atoms with Gasteiger partial charge in [-0.25, -0.2) is 0 Å². The van der Waals surface area contributed by atoms with Crippen LogP contribution in [0, 0.1) is 10.1 Å². The summed E-state index contributed by atoms with van der Waals surface area (Å²) in [6, 6.07) is 20.9. The van der Waals surface area contributed by atoms with E-state index in [9.17, 15) is 14.9 Å². The molecule has 0 unspecified atom stereocenters. The number of hydrogen-bond donors (Lipinski definition) is 0. The number of aryl methyl sites for hydroxylation is 1. The van der Waals surface area contributed by atoms with Crippen LogP contribution in [0.15, 0.2) is 82.0 Å². The van der Waals surface area contributed by atoms with Crippen molar-refractivity contribution >= 4 is 16.7 Å². The lowest BCUT2D eigenvalue weighted by molar-refractivity contribution is -0.384. The van der Waals surface area contributed by atoms with E-state index in [1.165, 1.54) is 12.1 Å². The summed E-state index contributed by atoms with van der Waals surface area (Å²) in [5.74, 6) is 0.486. The summed E-state index contributed by atoms with van der Waals surface area (Å²) in [6.45, 7) is 2.11. The first kappa shape index (κ1) is 19.4. The molecule has 6 nitrogen and oxygen atoms in total. The second kappa shape index (κ2) is 8.21. The Bertz CT molecular complexity index is 1260. The van der Waals surface area contributed by atoms with Gasteiger partial charge in [-0.15, -0.1) is 0 Å². The summed E-state index contributed by atoms with van der Waals surface area (Å²) >= 11 is 0. The Morgan fingerprint density at radius 2 is 1.67 bits per heavy atom. The molecule has 3 aromatic carbocycles. The second-order valence-electron chi connectivity index (χ2n) is 6.85. The Morgan fingerprint density at radius 3 is 2.33 bits per heavy atom. The van der Waals surface area contributed by atoms with Crippen molar-refractivity contribution in [2.75, 3.05) is 0 Å². The predicted molar refractivity (Wildman–Crippen MR) is 115 cm³/mol. The van der Waals surface area contributed by atoms with E-state index in [0.717, 1.165) is 17.5 Å². The fourth-order valence-corrected chi connectivity index (χ4v) is 3.23. The molecular weight excluding hydrogens is 382 g/mol. The van der Waals surface area contributed by atoms with Crippen LogP contribution in [0.1, 0.15) is 18.1 Å². The summed E-state index contributed by atoms with van der Waals surface area (Å²) in [5.41, 5.74) is 2.73. The third-order valence-corrected chi connectivity index (χ3v) is 4.89. The molecule has 0 aliphatic heterocycles. The average Bonchev–Trinajstić information content (AvgIpc) is 2.79. The minimum atomic E-state index is -0.457. The fourth-order valence-electron chi connectivity index (χ4n) is 3.23. The van der Waals surface area contributed by atoms with Crippen LogP contribution in [0.25, 0.3) is 22.3 Å². The van der Waals surface area contributed by atoms with Gasteiger partial charge in [-0.2, -0.15) is 0 Å². The quantitative estimate of drug-likeness (QED) is 0.314. The zero-order valence-electron chi connectivity index (χ0n) is 16.3. The van der Waals surface area contributed by atoms with Gasteiger partial charge in [-0.1, -0.05) is 43.3 Å². The first-order valence-electron chi connectivity index (χ1n) is 9.58. The van der Waals surface area contributed by atoms with Gasteiger partial charge in [0.25, 0.3) is 5.69 Å². The van der Waals surface area contributed by atoms with Crippen LogP contribution in [0.2, 0.25) is 0 Å². The molecule has 0 bridgehead atoms. The van der Waals surface area contributed by atoms with Crippen molar-refractivity contribution in [3.63, 3.8) is 0 Å². The van der Waals surface area contributed by atoms with Crippen LogP contribution in [-0.4, -0.2) is 4.92 Å². The molecule has 6 heteroatoms. The number of benzene rings is 3. The van der Waals surface area contributed by atoms with Gasteiger partial charge < -0.3 is 9.15 Å². The summed E-state index contributed by atoms with van der Waals surface area (Å²) in [5, 5.41) is 11.3. The highest BCUT2D eigenvalue weighted by Gasteiger charge is 2.18. The first-order chi connectivity index (χ1) is 14.6. The summed E-state index contributed by atoms with van der Waals surface area (Å²) in [6.07, 6.45) is 0.800. The van der Waals surface area contributed by atoms with Gasteiger partial charge in [-0.05, 0) is 41.8 Å². The Labute approximate surface area is 172 Å². The van der Waals surface area contributed by atoms with E-state index in [2.05, 4.69) is 0 Å². The molecule has 0 radical (unpaired) electrons. The molecule has 0 N–H and O–H groups in total. The molecule has 4 aromatic rings. The first-order valence-corrected chi connectivity index (χ1v) is 9.58. The van der Waals surface area contributed by atoms with Crippen molar-refractivity contribution in [3.05, 3.63) is 104 Å². The molecule has 150 valence electrons. The topological polar surface area (TPSA) is 82.6 Å². The predicted octanol–water partition coefficient (Wildman–Crippen LogP) is 5.51. The van der Waals surface area contributed by atoms with Crippen molar-refractivity contribution in [2.45, 2.75) is 20.0 Å². The number of fused-ring (bicyclic) bond motifs is 1.